The average Bonchev–Trinajstić information content (AvgIpc) is 2.67. The predicted octanol–water partition coefficient (Wildman–Crippen LogP) is 4.24. The predicted molar refractivity (Wildman–Crippen MR) is 96.6 cm³/mol. The normalized spacial score (nSPS) is 13.4. The molecule has 1 amide bonds. The summed E-state index contributed by atoms with van der Waals surface area (Å²) < 4.78 is 0. The zero-order chi connectivity index (χ0) is 17.2. The van der Waals surface area contributed by atoms with Crippen LogP contribution in [0.25, 0.3) is 22.5 Å². The molecule has 0 spiro atoms. The molecule has 124 valence electrons. The summed E-state index contributed by atoms with van der Waals surface area (Å²) in [6.07, 6.45) is 0.509. The summed E-state index contributed by atoms with van der Waals surface area (Å²) in [7, 11) is 0. The van der Waals surface area contributed by atoms with Gasteiger partial charge in [-0.15, -0.1) is 0 Å². The van der Waals surface area contributed by atoms with Crippen molar-refractivity contribution in [2.24, 2.45) is 0 Å². The Morgan fingerprint density at radius 3 is 2.00 bits per heavy atom. The first-order valence-electron chi connectivity index (χ1n) is 8.26. The minimum atomic E-state index is -0.985. The smallest absolute Gasteiger partial charge is 0.413 e. The van der Waals surface area contributed by atoms with E-state index in [4.69, 9.17) is 9.97 Å². The molecule has 0 radical (unpaired) electrons. The van der Waals surface area contributed by atoms with Gasteiger partial charge in [-0.05, 0) is 12.8 Å². The third-order valence-corrected chi connectivity index (χ3v) is 4.32. The van der Waals surface area contributed by atoms with E-state index in [1.54, 1.807) is 0 Å². The highest BCUT2D eigenvalue weighted by Crippen LogP contribution is 2.34. The lowest BCUT2D eigenvalue weighted by molar-refractivity contribution is 0.201. The molecule has 0 saturated heterocycles. The molecule has 4 rings (SSSR count). The summed E-state index contributed by atoms with van der Waals surface area (Å²) in [5.41, 5.74) is 4.14. The first kappa shape index (κ1) is 15.3. The minimum absolute atomic E-state index is 0.454. The van der Waals surface area contributed by atoms with Crippen LogP contribution >= 0.6 is 0 Å². The molecule has 0 aliphatic carbocycles. The zero-order valence-corrected chi connectivity index (χ0v) is 13.6. The fraction of sp³-hybridized carbons (Fsp3) is 0.150. The van der Waals surface area contributed by atoms with E-state index in [9.17, 15) is 9.90 Å². The molecule has 0 saturated carbocycles. The van der Waals surface area contributed by atoms with Gasteiger partial charge in [0.25, 0.3) is 0 Å². The van der Waals surface area contributed by atoms with Gasteiger partial charge in [0.15, 0.2) is 5.82 Å². The maximum Gasteiger partial charge on any atom is 0.413 e. The SMILES string of the molecule is O=C(O)N1CCCc2nc(-c3ccccc3)c(-c3ccccc3)nc21. The van der Waals surface area contributed by atoms with Crippen molar-refractivity contribution >= 4 is 11.9 Å². The molecule has 2 heterocycles. The highest BCUT2D eigenvalue weighted by Gasteiger charge is 2.27. The third-order valence-electron chi connectivity index (χ3n) is 4.32. The van der Waals surface area contributed by atoms with E-state index in [-0.39, 0.29) is 0 Å². The van der Waals surface area contributed by atoms with Crippen LogP contribution in [0.4, 0.5) is 10.6 Å². The Kier molecular flexibility index (Phi) is 3.90. The number of rotatable bonds is 2. The molecule has 0 bridgehead atoms. The Balaban J connectivity index is 1.96. The van der Waals surface area contributed by atoms with Crippen LogP contribution in [-0.4, -0.2) is 27.7 Å². The number of fused-ring (bicyclic) bond motifs is 1. The average molecular weight is 331 g/mol. The van der Waals surface area contributed by atoms with Crippen LogP contribution in [0.3, 0.4) is 0 Å². The number of anilines is 1. The van der Waals surface area contributed by atoms with Gasteiger partial charge < -0.3 is 5.11 Å². The lowest BCUT2D eigenvalue weighted by Gasteiger charge is -2.26. The fourth-order valence-corrected chi connectivity index (χ4v) is 3.14. The molecule has 1 aliphatic heterocycles. The second-order valence-corrected chi connectivity index (χ2v) is 5.96. The fourth-order valence-electron chi connectivity index (χ4n) is 3.14. The summed E-state index contributed by atoms with van der Waals surface area (Å²) >= 11 is 0. The largest absolute Gasteiger partial charge is 0.465 e. The van der Waals surface area contributed by atoms with Crippen LogP contribution in [-0.2, 0) is 6.42 Å². The maximum absolute atomic E-state index is 11.6. The second-order valence-electron chi connectivity index (χ2n) is 5.96. The summed E-state index contributed by atoms with van der Waals surface area (Å²) in [4.78, 5) is 22.4. The van der Waals surface area contributed by atoms with E-state index in [2.05, 4.69) is 0 Å². The highest BCUT2D eigenvalue weighted by atomic mass is 16.4. The van der Waals surface area contributed by atoms with Crippen LogP contribution in [0.15, 0.2) is 60.7 Å². The Morgan fingerprint density at radius 2 is 1.44 bits per heavy atom. The van der Waals surface area contributed by atoms with Crippen molar-refractivity contribution in [2.75, 3.05) is 11.4 Å². The topological polar surface area (TPSA) is 66.3 Å². The minimum Gasteiger partial charge on any atom is -0.465 e. The number of carboxylic acid groups (broad SMARTS) is 1. The number of aromatic nitrogens is 2. The number of benzene rings is 2. The summed E-state index contributed by atoms with van der Waals surface area (Å²) in [5.74, 6) is 0.456. The molecule has 0 fully saturated rings. The van der Waals surface area contributed by atoms with Crippen LogP contribution < -0.4 is 4.90 Å². The molecule has 3 aromatic rings. The van der Waals surface area contributed by atoms with E-state index in [1.165, 1.54) is 4.90 Å². The number of carbonyl (C=O) groups is 1. The first-order valence-corrected chi connectivity index (χ1v) is 8.26. The van der Waals surface area contributed by atoms with E-state index < -0.39 is 6.09 Å². The van der Waals surface area contributed by atoms with Crippen LogP contribution in [0.2, 0.25) is 0 Å². The van der Waals surface area contributed by atoms with Crippen LogP contribution in [0, 0.1) is 0 Å². The Morgan fingerprint density at radius 1 is 0.880 bits per heavy atom. The molecule has 0 unspecified atom stereocenters. The molecule has 1 aromatic heterocycles. The van der Waals surface area contributed by atoms with Crippen molar-refractivity contribution in [3.8, 4) is 22.5 Å². The van der Waals surface area contributed by atoms with Crippen molar-refractivity contribution in [3.05, 3.63) is 66.4 Å². The van der Waals surface area contributed by atoms with Gasteiger partial charge in [0.1, 0.15) is 0 Å². The van der Waals surface area contributed by atoms with E-state index in [0.717, 1.165) is 35.4 Å². The molecule has 5 heteroatoms. The van der Waals surface area contributed by atoms with Crippen molar-refractivity contribution in [1.82, 2.24) is 9.97 Å². The van der Waals surface area contributed by atoms with Gasteiger partial charge in [-0.3, -0.25) is 4.90 Å². The lowest BCUT2D eigenvalue weighted by Crippen LogP contribution is -2.35. The van der Waals surface area contributed by atoms with Crippen molar-refractivity contribution in [1.29, 1.82) is 0 Å². The number of hydrogen-bond acceptors (Lipinski definition) is 3. The molecule has 25 heavy (non-hydrogen) atoms. The standard InChI is InChI=1S/C20H17N3O2/c24-20(25)23-13-7-12-16-19(23)22-18(15-10-5-2-6-11-15)17(21-16)14-8-3-1-4-9-14/h1-6,8-11H,7,12-13H2,(H,24,25). The van der Waals surface area contributed by atoms with E-state index in [0.29, 0.717) is 18.1 Å². The van der Waals surface area contributed by atoms with Gasteiger partial charge in [0.2, 0.25) is 0 Å². The Hall–Kier alpha value is -3.21. The van der Waals surface area contributed by atoms with E-state index >= 15 is 0 Å². The van der Waals surface area contributed by atoms with Gasteiger partial charge >= 0.3 is 6.09 Å². The van der Waals surface area contributed by atoms with Crippen molar-refractivity contribution < 1.29 is 9.90 Å². The first-order chi connectivity index (χ1) is 12.2. The van der Waals surface area contributed by atoms with Gasteiger partial charge in [-0.25, -0.2) is 14.8 Å². The van der Waals surface area contributed by atoms with Crippen molar-refractivity contribution in [2.45, 2.75) is 12.8 Å². The quantitative estimate of drug-likeness (QED) is 0.762. The number of nitrogens with zero attached hydrogens (tertiary/aromatic N) is 3. The van der Waals surface area contributed by atoms with Gasteiger partial charge in [-0.1, -0.05) is 60.7 Å². The third kappa shape index (κ3) is 2.85. The second kappa shape index (κ2) is 6.36. The summed E-state index contributed by atoms with van der Waals surface area (Å²) in [5, 5.41) is 9.49. The van der Waals surface area contributed by atoms with Crippen LogP contribution in [0.5, 0.6) is 0 Å². The monoisotopic (exact) mass is 331 g/mol. The molecule has 2 aromatic carbocycles. The molecule has 5 nitrogen and oxygen atoms in total. The van der Waals surface area contributed by atoms with Gasteiger partial charge in [-0.2, -0.15) is 0 Å². The zero-order valence-electron chi connectivity index (χ0n) is 13.6. The van der Waals surface area contributed by atoms with Gasteiger partial charge in [0.05, 0.1) is 17.1 Å². The maximum atomic E-state index is 11.6. The summed E-state index contributed by atoms with van der Waals surface area (Å²) in [6.45, 7) is 0.454. The number of hydrogen-bond donors (Lipinski definition) is 1. The van der Waals surface area contributed by atoms with Crippen molar-refractivity contribution in [3.63, 3.8) is 0 Å². The molecule has 0 atom stereocenters. The number of amides is 1. The van der Waals surface area contributed by atoms with Crippen LogP contribution in [0.1, 0.15) is 12.1 Å². The molecular weight excluding hydrogens is 314 g/mol. The molecular formula is C20H17N3O2. The number of aryl methyl sites for hydroxylation is 1. The summed E-state index contributed by atoms with van der Waals surface area (Å²) in [6, 6.07) is 19.7. The molecule has 1 aliphatic rings. The Labute approximate surface area is 145 Å². The lowest BCUT2D eigenvalue weighted by atomic mass is 10.0. The van der Waals surface area contributed by atoms with E-state index in [1.807, 2.05) is 60.7 Å². The highest BCUT2D eigenvalue weighted by molar-refractivity contribution is 5.88. The molecule has 1 N–H and O–H groups in total. The van der Waals surface area contributed by atoms with Gasteiger partial charge in [0, 0.05) is 17.7 Å². The Bertz CT molecular complexity index is 911.